The highest BCUT2D eigenvalue weighted by molar-refractivity contribution is 4.90. The smallest absolute Gasteiger partial charge is 0.186 e. The second kappa shape index (κ2) is 11.0. The molecule has 2 saturated heterocycles. The predicted molar refractivity (Wildman–Crippen MR) is 90.5 cm³/mol. The van der Waals surface area contributed by atoms with Crippen LogP contribution >= 0.6 is 0 Å². The lowest BCUT2D eigenvalue weighted by Crippen LogP contribution is -2.60. The molecule has 0 spiro atoms. The van der Waals surface area contributed by atoms with Crippen molar-refractivity contribution < 1.29 is 49.6 Å². The molecule has 10 nitrogen and oxygen atoms in total. The van der Waals surface area contributed by atoms with E-state index in [4.69, 9.17) is 18.9 Å². The standard InChI is InChI=1S/C17H32O10/c1-2-3-4-5-6-24-17-15(23)13(21)12(20)10(27-17)8-26-16-14(22)11(19)9(18)7-25-16/h9-23H,2-8H2,1H3/t9-,10+,11-,12-,13-,14+,15+,16+,17+/m1/s1. The Balaban J connectivity index is 1.83. The van der Waals surface area contributed by atoms with Crippen LogP contribution in [0.4, 0.5) is 0 Å². The van der Waals surface area contributed by atoms with Crippen LogP contribution in [0.2, 0.25) is 0 Å². The molecule has 0 aromatic rings. The number of hydrogen-bond donors (Lipinski definition) is 6. The molecular formula is C17H32O10. The third kappa shape index (κ3) is 6.04. The molecule has 10 heteroatoms. The van der Waals surface area contributed by atoms with Gasteiger partial charge in [-0.15, -0.1) is 0 Å². The van der Waals surface area contributed by atoms with Gasteiger partial charge in [0.05, 0.1) is 13.2 Å². The van der Waals surface area contributed by atoms with Crippen LogP contribution in [0, 0.1) is 0 Å². The lowest BCUT2D eigenvalue weighted by Gasteiger charge is -2.41. The van der Waals surface area contributed by atoms with E-state index in [0.717, 1.165) is 25.7 Å². The van der Waals surface area contributed by atoms with Crippen LogP contribution in [0.3, 0.4) is 0 Å². The zero-order valence-corrected chi connectivity index (χ0v) is 15.5. The van der Waals surface area contributed by atoms with Gasteiger partial charge in [-0.25, -0.2) is 0 Å². The first-order chi connectivity index (χ1) is 12.9. The van der Waals surface area contributed by atoms with E-state index < -0.39 is 55.3 Å². The summed E-state index contributed by atoms with van der Waals surface area (Å²) in [5.74, 6) is 0. The van der Waals surface area contributed by atoms with Crippen LogP contribution in [0.5, 0.6) is 0 Å². The van der Waals surface area contributed by atoms with E-state index in [-0.39, 0.29) is 13.2 Å². The molecule has 27 heavy (non-hydrogen) atoms. The van der Waals surface area contributed by atoms with Gasteiger partial charge in [0, 0.05) is 6.61 Å². The van der Waals surface area contributed by atoms with E-state index >= 15 is 0 Å². The van der Waals surface area contributed by atoms with Gasteiger partial charge in [-0.05, 0) is 6.42 Å². The third-order valence-corrected chi connectivity index (χ3v) is 4.83. The van der Waals surface area contributed by atoms with Crippen molar-refractivity contribution in [2.45, 2.75) is 87.9 Å². The lowest BCUT2D eigenvalue weighted by atomic mass is 9.99. The molecule has 2 aliphatic heterocycles. The molecule has 0 aromatic carbocycles. The van der Waals surface area contributed by atoms with E-state index in [1.54, 1.807) is 0 Å². The van der Waals surface area contributed by atoms with E-state index in [0.29, 0.717) is 6.61 Å². The Morgan fingerprint density at radius 3 is 2.19 bits per heavy atom. The van der Waals surface area contributed by atoms with Crippen LogP contribution < -0.4 is 0 Å². The van der Waals surface area contributed by atoms with Gasteiger partial charge in [0.25, 0.3) is 0 Å². The van der Waals surface area contributed by atoms with Crippen LogP contribution in [0.25, 0.3) is 0 Å². The fraction of sp³-hybridized carbons (Fsp3) is 1.00. The molecule has 0 saturated carbocycles. The highest BCUT2D eigenvalue weighted by Crippen LogP contribution is 2.24. The van der Waals surface area contributed by atoms with Crippen molar-refractivity contribution in [3.8, 4) is 0 Å². The number of ether oxygens (including phenoxy) is 4. The third-order valence-electron chi connectivity index (χ3n) is 4.83. The number of unbranched alkanes of at least 4 members (excludes halogenated alkanes) is 3. The highest BCUT2D eigenvalue weighted by Gasteiger charge is 2.45. The van der Waals surface area contributed by atoms with Gasteiger partial charge in [0.2, 0.25) is 0 Å². The summed E-state index contributed by atoms with van der Waals surface area (Å²) in [6.07, 6.45) is -7.94. The Kier molecular flexibility index (Phi) is 9.29. The van der Waals surface area contributed by atoms with Gasteiger partial charge in [-0.2, -0.15) is 0 Å². The molecule has 0 aliphatic carbocycles. The van der Waals surface area contributed by atoms with Gasteiger partial charge < -0.3 is 49.6 Å². The summed E-state index contributed by atoms with van der Waals surface area (Å²) in [4.78, 5) is 0. The van der Waals surface area contributed by atoms with E-state index in [2.05, 4.69) is 6.92 Å². The minimum Gasteiger partial charge on any atom is -0.388 e. The lowest BCUT2D eigenvalue weighted by molar-refractivity contribution is -0.320. The summed E-state index contributed by atoms with van der Waals surface area (Å²) in [7, 11) is 0. The second-order valence-corrected chi connectivity index (χ2v) is 7.03. The molecular weight excluding hydrogens is 364 g/mol. The molecule has 160 valence electrons. The summed E-state index contributed by atoms with van der Waals surface area (Å²) < 4.78 is 21.4. The van der Waals surface area contributed by atoms with Crippen molar-refractivity contribution in [3.63, 3.8) is 0 Å². The Hall–Kier alpha value is -0.400. The van der Waals surface area contributed by atoms with Crippen LogP contribution in [-0.2, 0) is 18.9 Å². The normalized spacial score (nSPS) is 43.0. The van der Waals surface area contributed by atoms with Crippen LogP contribution in [0.15, 0.2) is 0 Å². The largest absolute Gasteiger partial charge is 0.388 e. The first-order valence-electron chi connectivity index (χ1n) is 9.45. The molecule has 2 heterocycles. The summed E-state index contributed by atoms with van der Waals surface area (Å²) in [5.41, 5.74) is 0. The zero-order valence-electron chi connectivity index (χ0n) is 15.5. The fourth-order valence-corrected chi connectivity index (χ4v) is 3.04. The molecule has 2 rings (SSSR count). The number of aliphatic hydroxyl groups is 6. The second-order valence-electron chi connectivity index (χ2n) is 7.03. The van der Waals surface area contributed by atoms with Crippen LogP contribution in [0.1, 0.15) is 32.6 Å². The first kappa shape index (κ1) is 22.9. The van der Waals surface area contributed by atoms with Gasteiger partial charge in [0.1, 0.15) is 42.7 Å². The molecule has 2 fully saturated rings. The van der Waals surface area contributed by atoms with Crippen molar-refractivity contribution in [2.75, 3.05) is 19.8 Å². The molecule has 9 atom stereocenters. The van der Waals surface area contributed by atoms with Crippen molar-refractivity contribution >= 4 is 0 Å². The number of hydrogen-bond acceptors (Lipinski definition) is 10. The summed E-state index contributed by atoms with van der Waals surface area (Å²) >= 11 is 0. The van der Waals surface area contributed by atoms with E-state index in [1.807, 2.05) is 0 Å². The Labute approximate surface area is 158 Å². The minimum absolute atomic E-state index is 0.220. The van der Waals surface area contributed by atoms with Gasteiger partial charge in [0.15, 0.2) is 12.6 Å². The maximum atomic E-state index is 10.1. The zero-order chi connectivity index (χ0) is 20.0. The SMILES string of the molecule is CCCCCCO[C@H]1O[C@@H](CO[C@@H]2OC[C@@H](O)[C@@H](O)[C@@H]2O)[C@@H](O)[C@@H](O)[C@@H]1O. The van der Waals surface area contributed by atoms with Crippen molar-refractivity contribution in [1.82, 2.24) is 0 Å². The quantitative estimate of drug-likeness (QED) is 0.237. The molecule has 0 unspecified atom stereocenters. The fourth-order valence-electron chi connectivity index (χ4n) is 3.04. The Bertz CT molecular complexity index is 425. The van der Waals surface area contributed by atoms with Crippen molar-refractivity contribution in [1.29, 1.82) is 0 Å². The van der Waals surface area contributed by atoms with E-state index in [9.17, 15) is 30.6 Å². The first-order valence-corrected chi connectivity index (χ1v) is 9.45. The van der Waals surface area contributed by atoms with Crippen molar-refractivity contribution in [2.24, 2.45) is 0 Å². The topological polar surface area (TPSA) is 158 Å². The average Bonchev–Trinajstić information content (AvgIpc) is 2.66. The summed E-state index contributed by atoms with van der Waals surface area (Å²) in [6.45, 7) is 1.92. The van der Waals surface area contributed by atoms with Crippen LogP contribution in [-0.4, -0.2) is 106 Å². The monoisotopic (exact) mass is 396 g/mol. The Morgan fingerprint density at radius 1 is 0.778 bits per heavy atom. The maximum Gasteiger partial charge on any atom is 0.186 e. The van der Waals surface area contributed by atoms with Crippen molar-refractivity contribution in [3.05, 3.63) is 0 Å². The molecule has 6 N–H and O–H groups in total. The molecule has 2 aliphatic rings. The number of aliphatic hydroxyl groups excluding tert-OH is 6. The van der Waals surface area contributed by atoms with Gasteiger partial charge in [-0.3, -0.25) is 0 Å². The molecule has 0 aromatic heterocycles. The summed E-state index contributed by atoms with van der Waals surface area (Å²) in [5, 5.41) is 59.1. The molecule has 0 amide bonds. The average molecular weight is 396 g/mol. The Morgan fingerprint density at radius 2 is 1.48 bits per heavy atom. The maximum absolute atomic E-state index is 10.1. The van der Waals surface area contributed by atoms with Gasteiger partial charge >= 0.3 is 0 Å². The molecule has 0 radical (unpaired) electrons. The van der Waals surface area contributed by atoms with E-state index in [1.165, 1.54) is 0 Å². The predicted octanol–water partition coefficient (Wildman–Crippen LogP) is -2.15. The number of rotatable bonds is 9. The minimum atomic E-state index is -1.49. The van der Waals surface area contributed by atoms with Gasteiger partial charge in [-0.1, -0.05) is 26.2 Å². The highest BCUT2D eigenvalue weighted by atomic mass is 16.7. The summed E-state index contributed by atoms with van der Waals surface area (Å²) in [6, 6.07) is 0. The molecule has 0 bridgehead atoms.